The maximum atomic E-state index is 12.7. The lowest BCUT2D eigenvalue weighted by Crippen LogP contribution is -2.63. The third-order valence-electron chi connectivity index (χ3n) is 5.63. The summed E-state index contributed by atoms with van der Waals surface area (Å²) in [4.78, 5) is 19.5. The van der Waals surface area contributed by atoms with Crippen molar-refractivity contribution in [2.24, 2.45) is 4.99 Å². The van der Waals surface area contributed by atoms with Gasteiger partial charge in [-0.1, -0.05) is 42.5 Å². The van der Waals surface area contributed by atoms with Gasteiger partial charge in [0.1, 0.15) is 11.4 Å². The minimum Gasteiger partial charge on any atom is -0.383 e. The van der Waals surface area contributed by atoms with Crippen molar-refractivity contribution in [1.29, 1.82) is 0 Å². The van der Waals surface area contributed by atoms with Gasteiger partial charge in [-0.3, -0.25) is 4.99 Å². The molecule has 4 rings (SSSR count). The molecular weight excluding hydrogens is 378 g/mol. The van der Waals surface area contributed by atoms with E-state index in [-0.39, 0.29) is 6.03 Å². The SMILES string of the molecule is COCCNC(=O)N1CCC[C@]2(C1)Nc1ccccc1NC2=NCc1ccccc1. The predicted octanol–water partition coefficient (Wildman–Crippen LogP) is 3.31. The van der Waals surface area contributed by atoms with E-state index in [4.69, 9.17) is 9.73 Å². The first-order valence-electron chi connectivity index (χ1n) is 10.4. The monoisotopic (exact) mass is 407 g/mol. The fourth-order valence-electron chi connectivity index (χ4n) is 4.11. The number of rotatable bonds is 5. The maximum absolute atomic E-state index is 12.7. The second kappa shape index (κ2) is 9.17. The van der Waals surface area contributed by atoms with E-state index in [1.54, 1.807) is 7.11 Å². The molecule has 0 aliphatic carbocycles. The third-order valence-corrected chi connectivity index (χ3v) is 5.63. The van der Waals surface area contributed by atoms with E-state index in [1.165, 1.54) is 0 Å². The Morgan fingerprint density at radius 2 is 1.93 bits per heavy atom. The summed E-state index contributed by atoms with van der Waals surface area (Å²) >= 11 is 0. The van der Waals surface area contributed by atoms with Crippen LogP contribution in [-0.2, 0) is 11.3 Å². The quantitative estimate of drug-likeness (QED) is 0.665. The standard InChI is InChI=1S/C23H29N5O2/c1-30-15-13-24-22(29)28-14-7-12-23(17-28)21(25-16-18-8-3-2-4-9-18)26-19-10-5-6-11-20(19)27-23/h2-6,8-11,27H,7,12-17H2,1H3,(H,24,29)(H,25,26)/t23-/m1/s1. The van der Waals surface area contributed by atoms with Crippen LogP contribution in [0.4, 0.5) is 16.2 Å². The number of amidine groups is 1. The highest BCUT2D eigenvalue weighted by atomic mass is 16.5. The van der Waals surface area contributed by atoms with Crippen molar-refractivity contribution >= 4 is 23.2 Å². The van der Waals surface area contributed by atoms with Gasteiger partial charge in [-0.15, -0.1) is 0 Å². The molecular formula is C23H29N5O2. The zero-order valence-corrected chi connectivity index (χ0v) is 17.4. The van der Waals surface area contributed by atoms with Gasteiger partial charge in [-0.05, 0) is 30.5 Å². The Kier molecular flexibility index (Phi) is 6.18. The second-order valence-corrected chi connectivity index (χ2v) is 7.78. The number of carbonyl (C=O) groups is 1. The molecule has 2 amide bonds. The summed E-state index contributed by atoms with van der Waals surface area (Å²) in [6, 6.07) is 18.3. The van der Waals surface area contributed by atoms with Gasteiger partial charge < -0.3 is 25.6 Å². The normalized spacial score (nSPS) is 21.6. The maximum Gasteiger partial charge on any atom is 0.317 e. The molecule has 158 valence electrons. The van der Waals surface area contributed by atoms with E-state index < -0.39 is 5.54 Å². The van der Waals surface area contributed by atoms with Crippen LogP contribution < -0.4 is 16.0 Å². The van der Waals surface area contributed by atoms with Crippen molar-refractivity contribution < 1.29 is 9.53 Å². The Bertz CT molecular complexity index is 901. The van der Waals surface area contributed by atoms with Crippen LogP contribution in [-0.4, -0.2) is 55.7 Å². The zero-order chi connectivity index (χ0) is 20.8. The topological polar surface area (TPSA) is 78.0 Å². The number of likely N-dealkylation sites (tertiary alicyclic amines) is 1. The van der Waals surface area contributed by atoms with Crippen molar-refractivity contribution in [2.75, 3.05) is 44.0 Å². The predicted molar refractivity (Wildman–Crippen MR) is 120 cm³/mol. The number of para-hydroxylation sites is 2. The van der Waals surface area contributed by atoms with E-state index in [1.807, 2.05) is 41.3 Å². The fourth-order valence-corrected chi connectivity index (χ4v) is 4.11. The van der Waals surface area contributed by atoms with Crippen molar-refractivity contribution in [3.63, 3.8) is 0 Å². The molecule has 2 heterocycles. The van der Waals surface area contributed by atoms with E-state index in [0.29, 0.717) is 26.2 Å². The lowest BCUT2D eigenvalue weighted by atomic mass is 9.85. The molecule has 7 heteroatoms. The van der Waals surface area contributed by atoms with Crippen LogP contribution in [0.25, 0.3) is 0 Å². The summed E-state index contributed by atoms with van der Waals surface area (Å²) in [6.07, 6.45) is 1.81. The van der Waals surface area contributed by atoms with Crippen LogP contribution in [0, 0.1) is 0 Å². The van der Waals surface area contributed by atoms with Crippen molar-refractivity contribution in [3.8, 4) is 0 Å². The number of aliphatic imine (C=N–C) groups is 1. The first-order valence-corrected chi connectivity index (χ1v) is 10.4. The zero-order valence-electron chi connectivity index (χ0n) is 17.4. The van der Waals surface area contributed by atoms with E-state index in [9.17, 15) is 4.79 Å². The van der Waals surface area contributed by atoms with Crippen LogP contribution >= 0.6 is 0 Å². The number of benzene rings is 2. The molecule has 7 nitrogen and oxygen atoms in total. The first-order chi connectivity index (χ1) is 14.7. The second-order valence-electron chi connectivity index (χ2n) is 7.78. The highest BCUT2D eigenvalue weighted by molar-refractivity contribution is 6.10. The van der Waals surface area contributed by atoms with Crippen molar-refractivity contribution in [1.82, 2.24) is 10.2 Å². The molecule has 0 saturated carbocycles. The minimum atomic E-state index is -0.431. The number of ether oxygens (including phenoxy) is 1. The number of nitrogens with zero attached hydrogens (tertiary/aromatic N) is 2. The molecule has 2 aromatic rings. The number of urea groups is 1. The molecule has 1 spiro atoms. The number of carbonyl (C=O) groups excluding carboxylic acids is 1. The van der Waals surface area contributed by atoms with Crippen molar-refractivity contribution in [3.05, 3.63) is 60.2 Å². The summed E-state index contributed by atoms with van der Waals surface area (Å²) in [5, 5.41) is 10.2. The number of hydrogen-bond acceptors (Lipinski definition) is 4. The Morgan fingerprint density at radius 3 is 2.73 bits per heavy atom. The molecule has 0 radical (unpaired) electrons. The number of methoxy groups -OCH3 is 1. The van der Waals surface area contributed by atoms with E-state index >= 15 is 0 Å². The van der Waals surface area contributed by atoms with Gasteiger partial charge in [0, 0.05) is 20.2 Å². The van der Waals surface area contributed by atoms with Gasteiger partial charge in [0.2, 0.25) is 0 Å². The lowest BCUT2D eigenvalue weighted by Gasteiger charge is -2.47. The summed E-state index contributed by atoms with van der Waals surface area (Å²) in [5.41, 5.74) is 2.78. The van der Waals surface area contributed by atoms with Crippen LogP contribution in [0.1, 0.15) is 18.4 Å². The fraction of sp³-hybridized carbons (Fsp3) is 0.391. The van der Waals surface area contributed by atoms with Crippen LogP contribution in [0.2, 0.25) is 0 Å². The summed E-state index contributed by atoms with van der Waals surface area (Å²) in [6.45, 7) is 2.88. The summed E-state index contributed by atoms with van der Waals surface area (Å²) in [7, 11) is 1.63. The van der Waals surface area contributed by atoms with E-state index in [2.05, 4.69) is 34.1 Å². The number of amides is 2. The van der Waals surface area contributed by atoms with Gasteiger partial charge in [0.25, 0.3) is 0 Å². The molecule has 0 aromatic heterocycles. The molecule has 1 saturated heterocycles. The molecule has 2 aliphatic heterocycles. The number of fused-ring (bicyclic) bond motifs is 1. The molecule has 1 atom stereocenters. The van der Waals surface area contributed by atoms with E-state index in [0.717, 1.165) is 42.2 Å². The molecule has 3 N–H and O–H groups in total. The Hall–Kier alpha value is -3.06. The third kappa shape index (κ3) is 4.41. The van der Waals surface area contributed by atoms with Gasteiger partial charge in [-0.25, -0.2) is 4.79 Å². The number of piperidine rings is 1. The highest BCUT2D eigenvalue weighted by Gasteiger charge is 2.44. The van der Waals surface area contributed by atoms with Gasteiger partial charge in [0.15, 0.2) is 0 Å². The minimum absolute atomic E-state index is 0.0609. The van der Waals surface area contributed by atoms with Crippen molar-refractivity contribution in [2.45, 2.75) is 24.9 Å². The smallest absolute Gasteiger partial charge is 0.317 e. The van der Waals surface area contributed by atoms with Gasteiger partial charge in [-0.2, -0.15) is 0 Å². The molecule has 2 aromatic carbocycles. The summed E-state index contributed by atoms with van der Waals surface area (Å²) in [5.74, 6) is 0.888. The average Bonchev–Trinajstić information content (AvgIpc) is 2.78. The molecule has 2 aliphatic rings. The summed E-state index contributed by atoms with van der Waals surface area (Å²) < 4.78 is 5.04. The molecule has 0 bridgehead atoms. The average molecular weight is 408 g/mol. The van der Waals surface area contributed by atoms with Crippen LogP contribution in [0.3, 0.4) is 0 Å². The number of hydrogen-bond donors (Lipinski definition) is 3. The highest BCUT2D eigenvalue weighted by Crippen LogP contribution is 2.36. The largest absolute Gasteiger partial charge is 0.383 e. The lowest BCUT2D eigenvalue weighted by molar-refractivity contribution is 0.164. The Labute approximate surface area is 177 Å². The molecule has 0 unspecified atom stereocenters. The number of anilines is 2. The Balaban J connectivity index is 1.59. The van der Waals surface area contributed by atoms with Crippen LogP contribution in [0.5, 0.6) is 0 Å². The first kappa shape index (κ1) is 20.2. The van der Waals surface area contributed by atoms with Gasteiger partial charge >= 0.3 is 6.03 Å². The Morgan fingerprint density at radius 1 is 1.17 bits per heavy atom. The number of nitrogens with one attached hydrogen (secondary N) is 3. The van der Waals surface area contributed by atoms with Gasteiger partial charge in [0.05, 0.1) is 31.1 Å². The molecule has 1 fully saturated rings. The van der Waals surface area contributed by atoms with Crippen LogP contribution in [0.15, 0.2) is 59.6 Å². The molecule has 30 heavy (non-hydrogen) atoms.